The standard InChI is InChI=1S/C7H16O12P2/c1-17-5-2(8)6(18-20(11,12)13)4(10)7(3(5)9)19-21(14,15)16/h2-10H,1H3,(H2,11,12,13)(H2,14,15,16)/t2-,3?,4-,5?,6?,7-/m1/s1. The quantitative estimate of drug-likeness (QED) is 0.248. The van der Waals surface area contributed by atoms with Crippen LogP contribution in [0.15, 0.2) is 0 Å². The molecule has 126 valence electrons. The molecule has 1 aliphatic rings. The lowest BCUT2D eigenvalue weighted by Gasteiger charge is -2.44. The van der Waals surface area contributed by atoms with Gasteiger partial charge in [0.05, 0.1) is 0 Å². The Morgan fingerprint density at radius 3 is 1.24 bits per heavy atom. The summed E-state index contributed by atoms with van der Waals surface area (Å²) >= 11 is 0. The zero-order chi connectivity index (χ0) is 16.6. The van der Waals surface area contributed by atoms with Gasteiger partial charge in [-0.2, -0.15) is 0 Å². The average Bonchev–Trinajstić information content (AvgIpc) is 2.29. The third kappa shape index (κ3) is 5.03. The first-order chi connectivity index (χ1) is 9.37. The number of aliphatic hydroxyl groups is 3. The fourth-order valence-electron chi connectivity index (χ4n) is 2.01. The van der Waals surface area contributed by atoms with Crippen LogP contribution in [0.1, 0.15) is 0 Å². The minimum atomic E-state index is -5.15. The zero-order valence-electron chi connectivity index (χ0n) is 10.5. The molecule has 21 heavy (non-hydrogen) atoms. The Balaban J connectivity index is 3.09. The van der Waals surface area contributed by atoms with Crippen LogP contribution in [0.3, 0.4) is 0 Å². The largest absolute Gasteiger partial charge is 0.470 e. The van der Waals surface area contributed by atoms with Gasteiger partial charge in [-0.15, -0.1) is 0 Å². The van der Waals surface area contributed by atoms with Gasteiger partial charge in [-0.25, -0.2) is 9.13 Å². The van der Waals surface area contributed by atoms with Crippen molar-refractivity contribution in [1.82, 2.24) is 0 Å². The van der Waals surface area contributed by atoms with Crippen molar-refractivity contribution in [1.29, 1.82) is 0 Å². The molecule has 1 rings (SSSR count). The summed E-state index contributed by atoms with van der Waals surface area (Å²) in [4.78, 5) is 34.9. The highest BCUT2D eigenvalue weighted by Gasteiger charge is 2.54. The molecule has 0 aromatic rings. The molecule has 14 heteroatoms. The predicted octanol–water partition coefficient (Wildman–Crippen LogP) is -2.95. The Kier molecular flexibility index (Phi) is 6.07. The molecule has 0 heterocycles. The van der Waals surface area contributed by atoms with Crippen LogP contribution in [0.4, 0.5) is 0 Å². The van der Waals surface area contributed by atoms with Gasteiger partial charge >= 0.3 is 15.6 Å². The molecule has 12 nitrogen and oxygen atoms in total. The number of aliphatic hydroxyl groups excluding tert-OH is 3. The zero-order valence-corrected chi connectivity index (χ0v) is 12.3. The second-order valence-electron chi connectivity index (χ2n) is 4.29. The van der Waals surface area contributed by atoms with Gasteiger partial charge in [-0.05, 0) is 0 Å². The van der Waals surface area contributed by atoms with E-state index < -0.39 is 52.3 Å². The number of phosphoric acid groups is 2. The predicted molar refractivity (Wildman–Crippen MR) is 62.7 cm³/mol. The van der Waals surface area contributed by atoms with E-state index in [0.29, 0.717) is 0 Å². The molecule has 7 N–H and O–H groups in total. The highest BCUT2D eigenvalue weighted by Crippen LogP contribution is 2.45. The second kappa shape index (κ2) is 6.67. The molecule has 0 aliphatic heterocycles. The summed E-state index contributed by atoms with van der Waals surface area (Å²) in [6, 6.07) is 0. The minimum Gasteiger partial charge on any atom is -0.387 e. The summed E-state index contributed by atoms with van der Waals surface area (Å²) < 4.78 is 34.6. The van der Waals surface area contributed by atoms with Gasteiger partial charge in [0.1, 0.15) is 36.6 Å². The van der Waals surface area contributed by atoms with Crippen LogP contribution >= 0.6 is 15.6 Å². The summed E-state index contributed by atoms with van der Waals surface area (Å²) in [5, 5.41) is 29.4. The smallest absolute Gasteiger partial charge is 0.387 e. The van der Waals surface area contributed by atoms with E-state index in [9.17, 15) is 24.4 Å². The van der Waals surface area contributed by atoms with Gasteiger partial charge < -0.3 is 39.6 Å². The van der Waals surface area contributed by atoms with E-state index >= 15 is 0 Å². The molecule has 0 spiro atoms. The van der Waals surface area contributed by atoms with Crippen molar-refractivity contribution in [3.05, 3.63) is 0 Å². The van der Waals surface area contributed by atoms with Crippen molar-refractivity contribution in [3.8, 4) is 0 Å². The minimum absolute atomic E-state index is 1.01. The van der Waals surface area contributed by atoms with Gasteiger partial charge in [0.15, 0.2) is 0 Å². The Morgan fingerprint density at radius 1 is 0.714 bits per heavy atom. The summed E-state index contributed by atoms with van der Waals surface area (Å²) in [6.07, 6.45) is -11.5. The molecular weight excluding hydrogens is 338 g/mol. The van der Waals surface area contributed by atoms with E-state index in [1.807, 2.05) is 0 Å². The third-order valence-electron chi connectivity index (χ3n) is 2.81. The third-order valence-corrected chi connectivity index (χ3v) is 3.85. The fraction of sp³-hybridized carbons (Fsp3) is 1.00. The molecule has 1 saturated carbocycles. The summed E-state index contributed by atoms with van der Waals surface area (Å²) in [5.41, 5.74) is 0. The average molecular weight is 354 g/mol. The maximum absolute atomic E-state index is 10.8. The number of methoxy groups -OCH3 is 1. The van der Waals surface area contributed by atoms with Gasteiger partial charge in [0.2, 0.25) is 0 Å². The van der Waals surface area contributed by atoms with Crippen LogP contribution in [0.25, 0.3) is 0 Å². The molecule has 1 fully saturated rings. The Hall–Kier alpha value is 0.0600. The van der Waals surface area contributed by atoms with E-state index in [1.165, 1.54) is 0 Å². The Morgan fingerprint density at radius 2 is 1.00 bits per heavy atom. The van der Waals surface area contributed by atoms with Crippen molar-refractivity contribution in [2.45, 2.75) is 36.6 Å². The highest BCUT2D eigenvalue weighted by atomic mass is 31.2. The molecule has 0 saturated heterocycles. The number of rotatable bonds is 5. The molecule has 0 amide bonds. The van der Waals surface area contributed by atoms with E-state index in [0.717, 1.165) is 7.11 Å². The van der Waals surface area contributed by atoms with Crippen LogP contribution in [0.5, 0.6) is 0 Å². The normalized spacial score (nSPS) is 38.5. The number of phosphoric ester groups is 2. The lowest BCUT2D eigenvalue weighted by Crippen LogP contribution is -2.65. The molecule has 0 radical (unpaired) electrons. The number of hydrogen-bond donors (Lipinski definition) is 7. The lowest BCUT2D eigenvalue weighted by atomic mass is 9.85. The monoisotopic (exact) mass is 354 g/mol. The molecular formula is C7H16O12P2. The van der Waals surface area contributed by atoms with Gasteiger partial charge in [0, 0.05) is 7.11 Å². The molecule has 3 unspecified atom stereocenters. The van der Waals surface area contributed by atoms with Crippen LogP contribution in [-0.4, -0.2) is 78.6 Å². The van der Waals surface area contributed by atoms with Crippen molar-refractivity contribution < 1.29 is 57.8 Å². The summed E-state index contributed by atoms with van der Waals surface area (Å²) in [6.45, 7) is 0. The lowest BCUT2D eigenvalue weighted by molar-refractivity contribution is -0.222. The SMILES string of the molecule is COC1C(O)[C@@H](OP(=O)(O)O)[C@H](O)C(OP(=O)(O)O)[C@@H]1O. The van der Waals surface area contributed by atoms with Crippen LogP contribution < -0.4 is 0 Å². The fourth-order valence-corrected chi connectivity index (χ4v) is 3.15. The van der Waals surface area contributed by atoms with Crippen molar-refractivity contribution in [2.24, 2.45) is 0 Å². The van der Waals surface area contributed by atoms with E-state index in [1.54, 1.807) is 0 Å². The van der Waals surface area contributed by atoms with E-state index in [2.05, 4.69) is 13.8 Å². The van der Waals surface area contributed by atoms with Crippen molar-refractivity contribution >= 4 is 15.6 Å². The second-order valence-corrected chi connectivity index (χ2v) is 6.68. The van der Waals surface area contributed by atoms with Gasteiger partial charge in [-0.1, -0.05) is 0 Å². The molecule has 0 aromatic carbocycles. The first-order valence-electron chi connectivity index (χ1n) is 5.42. The van der Waals surface area contributed by atoms with Gasteiger partial charge in [0.25, 0.3) is 0 Å². The van der Waals surface area contributed by atoms with E-state index in [4.69, 9.17) is 19.6 Å². The maximum Gasteiger partial charge on any atom is 0.470 e. The molecule has 1 aliphatic carbocycles. The first-order valence-corrected chi connectivity index (χ1v) is 8.48. The summed E-state index contributed by atoms with van der Waals surface area (Å²) in [5.74, 6) is 0. The first kappa shape index (κ1) is 19.1. The van der Waals surface area contributed by atoms with Crippen LogP contribution in [-0.2, 0) is 22.9 Å². The van der Waals surface area contributed by atoms with E-state index in [-0.39, 0.29) is 0 Å². The highest BCUT2D eigenvalue weighted by molar-refractivity contribution is 7.46. The topological polar surface area (TPSA) is 203 Å². The number of ether oxygens (including phenoxy) is 1. The Labute approximate surface area is 118 Å². The van der Waals surface area contributed by atoms with Crippen molar-refractivity contribution in [2.75, 3.05) is 7.11 Å². The van der Waals surface area contributed by atoms with Gasteiger partial charge in [-0.3, -0.25) is 9.05 Å². The van der Waals surface area contributed by atoms with Crippen LogP contribution in [0.2, 0.25) is 0 Å². The van der Waals surface area contributed by atoms with Crippen molar-refractivity contribution in [3.63, 3.8) is 0 Å². The molecule has 0 aromatic heterocycles. The maximum atomic E-state index is 10.8. The van der Waals surface area contributed by atoms with Crippen LogP contribution in [0, 0.1) is 0 Å². The molecule has 6 atom stereocenters. The Bertz CT molecular complexity index is 405. The number of hydrogen-bond acceptors (Lipinski definition) is 8. The molecule has 0 bridgehead atoms. The summed E-state index contributed by atoms with van der Waals surface area (Å²) in [7, 11) is -9.29.